The molecule has 0 aliphatic heterocycles. The molecular weight excluding hydrogens is 370 g/mol. The number of nitrogens with one attached hydrogen (secondary N) is 3. The fourth-order valence-electron chi connectivity index (χ4n) is 2.68. The maximum absolute atomic E-state index is 12.8. The number of halogens is 1. The summed E-state index contributed by atoms with van der Waals surface area (Å²) >= 11 is 3.46. The minimum absolute atomic E-state index is 0.0160. The van der Waals surface area contributed by atoms with E-state index in [9.17, 15) is 9.59 Å². The van der Waals surface area contributed by atoms with Crippen LogP contribution in [0.3, 0.4) is 0 Å². The summed E-state index contributed by atoms with van der Waals surface area (Å²) in [6, 6.07) is 14.7. The summed E-state index contributed by atoms with van der Waals surface area (Å²) in [7, 11) is 1.55. The summed E-state index contributed by atoms with van der Waals surface area (Å²) in [4.78, 5) is 24.2. The van der Waals surface area contributed by atoms with E-state index < -0.39 is 5.41 Å². The van der Waals surface area contributed by atoms with Crippen molar-refractivity contribution in [2.75, 3.05) is 17.7 Å². The molecule has 124 valence electrons. The average molecular weight is 388 g/mol. The van der Waals surface area contributed by atoms with Gasteiger partial charge in [-0.3, -0.25) is 4.79 Å². The van der Waals surface area contributed by atoms with E-state index >= 15 is 0 Å². The molecule has 0 saturated heterocycles. The summed E-state index contributed by atoms with van der Waals surface area (Å²) in [6.07, 6.45) is 1.68. The van der Waals surface area contributed by atoms with Crippen LogP contribution >= 0.6 is 15.9 Å². The largest absolute Gasteiger partial charge is 0.341 e. The van der Waals surface area contributed by atoms with Crippen molar-refractivity contribution in [3.63, 3.8) is 0 Å². The molecule has 6 heteroatoms. The van der Waals surface area contributed by atoms with Crippen molar-refractivity contribution in [1.29, 1.82) is 0 Å². The molecule has 1 saturated carbocycles. The molecule has 2 aromatic carbocycles. The van der Waals surface area contributed by atoms with Crippen molar-refractivity contribution in [1.82, 2.24) is 5.32 Å². The normalized spacial score (nSPS) is 14.6. The zero-order chi connectivity index (χ0) is 17.2. The van der Waals surface area contributed by atoms with Crippen LogP contribution in [-0.4, -0.2) is 19.0 Å². The third-order valence-electron chi connectivity index (χ3n) is 4.17. The van der Waals surface area contributed by atoms with E-state index in [0.29, 0.717) is 11.4 Å². The number of hydrogen-bond acceptors (Lipinski definition) is 2. The Morgan fingerprint density at radius 2 is 1.67 bits per heavy atom. The van der Waals surface area contributed by atoms with E-state index in [4.69, 9.17) is 0 Å². The maximum Gasteiger partial charge on any atom is 0.318 e. The molecule has 1 fully saturated rings. The van der Waals surface area contributed by atoms with E-state index in [1.54, 1.807) is 25.2 Å². The van der Waals surface area contributed by atoms with Crippen LogP contribution in [0.5, 0.6) is 0 Å². The lowest BCUT2D eigenvalue weighted by Crippen LogP contribution is -2.28. The van der Waals surface area contributed by atoms with Gasteiger partial charge >= 0.3 is 6.03 Å². The number of urea groups is 1. The third kappa shape index (κ3) is 3.43. The smallest absolute Gasteiger partial charge is 0.318 e. The van der Waals surface area contributed by atoms with Crippen molar-refractivity contribution in [3.8, 4) is 0 Å². The second-order valence-electron chi connectivity index (χ2n) is 5.83. The lowest BCUT2D eigenvalue weighted by Gasteiger charge is -2.16. The van der Waals surface area contributed by atoms with Crippen LogP contribution in [0.2, 0.25) is 0 Å². The predicted octanol–water partition coefficient (Wildman–Crippen LogP) is 3.87. The molecule has 24 heavy (non-hydrogen) atoms. The Bertz CT molecular complexity index is 787. The molecular formula is C18H18BrN3O2. The molecule has 0 atom stereocenters. The molecule has 5 nitrogen and oxygen atoms in total. The van der Waals surface area contributed by atoms with E-state index in [1.807, 2.05) is 30.3 Å². The minimum atomic E-state index is -0.450. The van der Waals surface area contributed by atoms with Crippen LogP contribution in [0.15, 0.2) is 53.0 Å². The van der Waals surface area contributed by atoms with Crippen LogP contribution in [0.4, 0.5) is 16.2 Å². The summed E-state index contributed by atoms with van der Waals surface area (Å²) in [5.41, 5.74) is 1.86. The summed E-state index contributed by atoms with van der Waals surface area (Å²) in [5, 5.41) is 8.15. The number of amides is 3. The van der Waals surface area contributed by atoms with Crippen LogP contribution in [0.1, 0.15) is 18.4 Å². The summed E-state index contributed by atoms with van der Waals surface area (Å²) in [5.74, 6) is -0.0160. The fraction of sp³-hybridized carbons (Fsp3) is 0.222. The third-order valence-corrected chi connectivity index (χ3v) is 4.66. The molecule has 3 N–H and O–H groups in total. The number of benzene rings is 2. The van der Waals surface area contributed by atoms with Gasteiger partial charge in [0.2, 0.25) is 5.91 Å². The van der Waals surface area contributed by atoms with Gasteiger partial charge in [-0.25, -0.2) is 4.79 Å². The first kappa shape index (κ1) is 16.5. The topological polar surface area (TPSA) is 70.2 Å². The molecule has 0 unspecified atom stereocenters. The van der Waals surface area contributed by atoms with Gasteiger partial charge in [0.05, 0.1) is 5.41 Å². The Hall–Kier alpha value is -2.34. The first-order chi connectivity index (χ1) is 11.5. The van der Waals surface area contributed by atoms with Gasteiger partial charge in [-0.1, -0.05) is 34.1 Å². The SMILES string of the molecule is CNC(=O)Nc1cccc(NC(=O)C2(c3cccc(Br)c3)CC2)c1. The number of rotatable bonds is 4. The molecule has 0 bridgehead atoms. The predicted molar refractivity (Wildman–Crippen MR) is 98.2 cm³/mol. The lowest BCUT2D eigenvalue weighted by atomic mass is 9.95. The Kier molecular flexibility index (Phi) is 4.57. The van der Waals surface area contributed by atoms with Gasteiger partial charge in [-0.05, 0) is 48.7 Å². The number of carbonyl (C=O) groups excluding carboxylic acids is 2. The molecule has 3 amide bonds. The fourth-order valence-corrected chi connectivity index (χ4v) is 3.08. The van der Waals surface area contributed by atoms with Gasteiger partial charge < -0.3 is 16.0 Å². The molecule has 0 spiro atoms. The molecule has 0 heterocycles. The number of anilines is 2. The molecule has 2 aromatic rings. The standard InChI is InChI=1S/C18H18BrN3O2/c1-20-17(24)22-15-7-3-6-14(11-15)21-16(23)18(8-9-18)12-4-2-5-13(19)10-12/h2-7,10-11H,8-9H2,1H3,(H,21,23)(H2,20,22,24). The molecule has 1 aliphatic rings. The van der Waals surface area contributed by atoms with E-state index in [-0.39, 0.29) is 11.9 Å². The van der Waals surface area contributed by atoms with E-state index in [1.165, 1.54) is 0 Å². The molecule has 1 aliphatic carbocycles. The summed E-state index contributed by atoms with van der Waals surface area (Å²) < 4.78 is 0.968. The van der Waals surface area contributed by atoms with Gasteiger partial charge in [-0.15, -0.1) is 0 Å². The van der Waals surface area contributed by atoms with Gasteiger partial charge in [0, 0.05) is 22.9 Å². The molecule has 0 radical (unpaired) electrons. The lowest BCUT2D eigenvalue weighted by molar-refractivity contribution is -0.118. The van der Waals surface area contributed by atoms with Gasteiger partial charge in [0.1, 0.15) is 0 Å². The highest BCUT2D eigenvalue weighted by atomic mass is 79.9. The highest BCUT2D eigenvalue weighted by molar-refractivity contribution is 9.10. The Balaban J connectivity index is 1.75. The van der Waals surface area contributed by atoms with Gasteiger partial charge in [-0.2, -0.15) is 0 Å². The van der Waals surface area contributed by atoms with Crippen molar-refractivity contribution < 1.29 is 9.59 Å². The quantitative estimate of drug-likeness (QED) is 0.744. The first-order valence-corrected chi connectivity index (χ1v) is 8.49. The summed E-state index contributed by atoms with van der Waals surface area (Å²) in [6.45, 7) is 0. The van der Waals surface area contributed by atoms with Crippen molar-refractivity contribution >= 4 is 39.2 Å². The average Bonchev–Trinajstić information content (AvgIpc) is 3.37. The Labute approximate surface area is 149 Å². The zero-order valence-corrected chi connectivity index (χ0v) is 14.8. The Morgan fingerprint density at radius 3 is 2.29 bits per heavy atom. The Morgan fingerprint density at radius 1 is 1.00 bits per heavy atom. The second kappa shape index (κ2) is 6.65. The van der Waals surface area contributed by atoms with Gasteiger partial charge in [0.25, 0.3) is 0 Å². The highest BCUT2D eigenvalue weighted by Crippen LogP contribution is 2.49. The zero-order valence-electron chi connectivity index (χ0n) is 13.2. The second-order valence-corrected chi connectivity index (χ2v) is 6.75. The van der Waals surface area contributed by atoms with E-state index in [0.717, 1.165) is 22.9 Å². The van der Waals surface area contributed by atoms with Crippen LogP contribution < -0.4 is 16.0 Å². The van der Waals surface area contributed by atoms with Gasteiger partial charge in [0.15, 0.2) is 0 Å². The molecule has 0 aromatic heterocycles. The highest BCUT2D eigenvalue weighted by Gasteiger charge is 2.51. The van der Waals surface area contributed by atoms with E-state index in [2.05, 4.69) is 31.9 Å². The van der Waals surface area contributed by atoms with Crippen LogP contribution in [-0.2, 0) is 10.2 Å². The van der Waals surface area contributed by atoms with Crippen LogP contribution in [0, 0.1) is 0 Å². The monoisotopic (exact) mass is 387 g/mol. The van der Waals surface area contributed by atoms with Crippen molar-refractivity contribution in [2.45, 2.75) is 18.3 Å². The number of carbonyl (C=O) groups is 2. The van der Waals surface area contributed by atoms with Crippen molar-refractivity contribution in [2.24, 2.45) is 0 Å². The maximum atomic E-state index is 12.8. The van der Waals surface area contributed by atoms with Crippen molar-refractivity contribution in [3.05, 3.63) is 58.6 Å². The minimum Gasteiger partial charge on any atom is -0.341 e. The number of hydrogen-bond donors (Lipinski definition) is 3. The van der Waals surface area contributed by atoms with Crippen LogP contribution in [0.25, 0.3) is 0 Å². The molecule has 3 rings (SSSR count). The first-order valence-electron chi connectivity index (χ1n) is 7.70.